The number of ether oxygens (including phenoxy) is 1. The summed E-state index contributed by atoms with van der Waals surface area (Å²) < 4.78 is 7.70. The number of hydrogen-bond acceptors (Lipinski definition) is 6. The van der Waals surface area contributed by atoms with Crippen LogP contribution in [0.2, 0.25) is 0 Å². The highest BCUT2D eigenvalue weighted by Gasteiger charge is 2.25. The molecule has 1 aliphatic carbocycles. The molecule has 2 aromatic heterocycles. The third kappa shape index (κ3) is 3.39. The molecular weight excluding hydrogens is 368 g/mol. The Morgan fingerprint density at radius 3 is 2.62 bits per heavy atom. The molecule has 2 fully saturated rings. The van der Waals surface area contributed by atoms with Crippen molar-refractivity contribution in [2.45, 2.75) is 25.4 Å². The van der Waals surface area contributed by atoms with Crippen molar-refractivity contribution in [1.82, 2.24) is 24.6 Å². The van der Waals surface area contributed by atoms with E-state index in [-0.39, 0.29) is 12.0 Å². The van der Waals surface area contributed by atoms with Gasteiger partial charge in [-0.15, -0.1) is 0 Å². The van der Waals surface area contributed by atoms with E-state index in [1.807, 2.05) is 11.0 Å². The van der Waals surface area contributed by atoms with Crippen molar-refractivity contribution in [1.29, 1.82) is 0 Å². The highest BCUT2D eigenvalue weighted by atomic mass is 16.5. The van der Waals surface area contributed by atoms with Crippen molar-refractivity contribution in [2.75, 3.05) is 31.1 Å². The smallest absolute Gasteiger partial charge is 0.272 e. The number of nitrogens with zero attached hydrogens (tertiary/aromatic N) is 6. The monoisotopic (exact) mass is 392 g/mol. The fourth-order valence-electron chi connectivity index (χ4n) is 3.87. The molecule has 150 valence electrons. The van der Waals surface area contributed by atoms with Gasteiger partial charge in [-0.1, -0.05) is 0 Å². The summed E-state index contributed by atoms with van der Waals surface area (Å²) in [4.78, 5) is 25.6. The second-order valence-corrected chi connectivity index (χ2v) is 7.67. The first kappa shape index (κ1) is 17.9. The molecule has 3 aromatic rings. The molecule has 2 aliphatic rings. The van der Waals surface area contributed by atoms with Crippen LogP contribution in [0, 0.1) is 0 Å². The Hall–Kier alpha value is -3.16. The van der Waals surface area contributed by atoms with E-state index in [1.54, 1.807) is 30.3 Å². The molecule has 0 atom stereocenters. The summed E-state index contributed by atoms with van der Waals surface area (Å²) in [5.41, 5.74) is 2.63. The average Bonchev–Trinajstić information content (AvgIpc) is 3.16. The summed E-state index contributed by atoms with van der Waals surface area (Å²) in [6, 6.07) is 7.98. The second-order valence-electron chi connectivity index (χ2n) is 7.67. The maximum absolute atomic E-state index is 12.7. The number of carbonyl (C=O) groups excluding carboxylic acids is 1. The number of hydrogen-bond donors (Lipinski definition) is 0. The normalized spacial score (nSPS) is 17.4. The van der Waals surface area contributed by atoms with Gasteiger partial charge in [0.1, 0.15) is 18.1 Å². The minimum absolute atomic E-state index is 0.0350. The van der Waals surface area contributed by atoms with Crippen LogP contribution >= 0.6 is 0 Å². The van der Waals surface area contributed by atoms with Crippen LogP contribution in [0.1, 0.15) is 29.8 Å². The van der Waals surface area contributed by atoms with Crippen molar-refractivity contribution in [3.63, 3.8) is 0 Å². The van der Waals surface area contributed by atoms with Crippen LogP contribution in [0.15, 0.2) is 36.8 Å². The van der Waals surface area contributed by atoms with Gasteiger partial charge in [0.2, 0.25) is 5.88 Å². The summed E-state index contributed by atoms with van der Waals surface area (Å²) in [7, 11) is 1.80. The zero-order valence-corrected chi connectivity index (χ0v) is 16.5. The number of aromatic nitrogens is 4. The number of aryl methyl sites for hydroxylation is 1. The summed E-state index contributed by atoms with van der Waals surface area (Å²) >= 11 is 0. The van der Waals surface area contributed by atoms with Crippen LogP contribution in [0.3, 0.4) is 0 Å². The van der Waals surface area contributed by atoms with Crippen LogP contribution in [-0.4, -0.2) is 62.8 Å². The number of anilines is 1. The Morgan fingerprint density at radius 2 is 1.93 bits per heavy atom. The van der Waals surface area contributed by atoms with Crippen LogP contribution in [-0.2, 0) is 7.05 Å². The average molecular weight is 392 g/mol. The number of fused-ring (bicyclic) bond motifs is 1. The molecule has 0 radical (unpaired) electrons. The highest BCUT2D eigenvalue weighted by molar-refractivity contribution is 5.92. The van der Waals surface area contributed by atoms with Gasteiger partial charge in [0.15, 0.2) is 0 Å². The number of carbonyl (C=O) groups is 1. The van der Waals surface area contributed by atoms with E-state index in [4.69, 9.17) is 4.74 Å². The van der Waals surface area contributed by atoms with E-state index < -0.39 is 0 Å². The van der Waals surface area contributed by atoms with Gasteiger partial charge in [-0.3, -0.25) is 9.48 Å². The molecule has 3 heterocycles. The lowest BCUT2D eigenvalue weighted by molar-refractivity contribution is 0.0735. The van der Waals surface area contributed by atoms with Gasteiger partial charge >= 0.3 is 0 Å². The van der Waals surface area contributed by atoms with Gasteiger partial charge in [0.25, 0.3) is 5.91 Å². The zero-order valence-electron chi connectivity index (χ0n) is 16.5. The molecule has 1 aliphatic heterocycles. The van der Waals surface area contributed by atoms with E-state index in [0.717, 1.165) is 42.5 Å². The molecule has 0 bridgehead atoms. The zero-order chi connectivity index (χ0) is 19.8. The molecule has 0 unspecified atom stereocenters. The van der Waals surface area contributed by atoms with Crippen molar-refractivity contribution in [3.8, 4) is 5.88 Å². The molecular formula is C21H24N6O2. The molecule has 1 saturated heterocycles. The maximum Gasteiger partial charge on any atom is 0.272 e. The molecule has 1 saturated carbocycles. The van der Waals surface area contributed by atoms with Crippen molar-refractivity contribution < 1.29 is 9.53 Å². The van der Waals surface area contributed by atoms with Gasteiger partial charge in [-0.25, -0.2) is 9.97 Å². The molecule has 8 heteroatoms. The van der Waals surface area contributed by atoms with Crippen molar-refractivity contribution >= 4 is 22.5 Å². The van der Waals surface area contributed by atoms with Gasteiger partial charge in [-0.05, 0) is 43.5 Å². The van der Waals surface area contributed by atoms with E-state index in [9.17, 15) is 4.79 Å². The largest absolute Gasteiger partial charge is 0.474 e. The number of benzene rings is 1. The minimum atomic E-state index is 0.0350. The number of rotatable bonds is 4. The maximum atomic E-state index is 12.7. The summed E-state index contributed by atoms with van der Waals surface area (Å²) in [6.45, 7) is 2.92. The molecule has 1 amide bonds. The molecule has 8 nitrogen and oxygen atoms in total. The topological polar surface area (TPSA) is 76.4 Å². The van der Waals surface area contributed by atoms with E-state index in [0.29, 0.717) is 24.7 Å². The van der Waals surface area contributed by atoms with E-state index in [2.05, 4.69) is 32.1 Å². The first-order valence-corrected chi connectivity index (χ1v) is 10.1. The summed E-state index contributed by atoms with van der Waals surface area (Å²) in [5.74, 6) is 0.708. The molecule has 0 spiro atoms. The first-order chi connectivity index (χ1) is 14.2. The molecule has 1 aromatic carbocycles. The Bertz CT molecular complexity index is 1040. The van der Waals surface area contributed by atoms with Crippen LogP contribution < -0.4 is 9.64 Å². The standard InChI is InChI=1S/C21H24N6O2/c1-25-19(7-8-24-25)21(28)27-11-9-26(10-12-27)15-5-6-18-17(13-15)20(23-14-22-18)29-16-3-2-4-16/h5-8,13-14,16H,2-4,9-12H2,1H3. The third-order valence-electron chi connectivity index (χ3n) is 5.88. The fraction of sp³-hybridized carbons (Fsp3) is 0.429. The fourth-order valence-corrected chi connectivity index (χ4v) is 3.87. The van der Waals surface area contributed by atoms with Crippen molar-refractivity contribution in [2.24, 2.45) is 7.05 Å². The Labute approximate surface area is 169 Å². The Morgan fingerprint density at radius 1 is 1.10 bits per heavy atom. The van der Waals surface area contributed by atoms with Crippen LogP contribution in [0.5, 0.6) is 5.88 Å². The minimum Gasteiger partial charge on any atom is -0.474 e. The first-order valence-electron chi connectivity index (χ1n) is 10.1. The summed E-state index contributed by atoms with van der Waals surface area (Å²) in [6.07, 6.45) is 6.91. The Balaban J connectivity index is 1.32. The highest BCUT2D eigenvalue weighted by Crippen LogP contribution is 2.31. The number of piperazine rings is 1. The quantitative estimate of drug-likeness (QED) is 0.678. The molecule has 0 N–H and O–H groups in total. The van der Waals surface area contributed by atoms with Gasteiger partial charge in [0.05, 0.1) is 10.9 Å². The van der Waals surface area contributed by atoms with Gasteiger partial charge in [0, 0.05) is 45.1 Å². The van der Waals surface area contributed by atoms with Gasteiger partial charge in [-0.2, -0.15) is 5.10 Å². The molecule has 5 rings (SSSR count). The SMILES string of the molecule is Cn1nccc1C(=O)N1CCN(c2ccc3ncnc(OC4CCC4)c3c2)CC1. The van der Waals surface area contributed by atoms with E-state index in [1.165, 1.54) is 6.42 Å². The van der Waals surface area contributed by atoms with Crippen LogP contribution in [0.25, 0.3) is 10.9 Å². The lowest BCUT2D eigenvalue weighted by Gasteiger charge is -2.36. The van der Waals surface area contributed by atoms with Crippen LogP contribution in [0.4, 0.5) is 5.69 Å². The second kappa shape index (κ2) is 7.35. The van der Waals surface area contributed by atoms with E-state index >= 15 is 0 Å². The number of amides is 1. The lowest BCUT2D eigenvalue weighted by atomic mass is 9.96. The molecule has 29 heavy (non-hydrogen) atoms. The van der Waals surface area contributed by atoms with Crippen molar-refractivity contribution in [3.05, 3.63) is 42.5 Å². The summed E-state index contributed by atoms with van der Waals surface area (Å²) in [5, 5.41) is 5.05. The predicted octanol–water partition coefficient (Wildman–Crippen LogP) is 2.26. The third-order valence-corrected chi connectivity index (χ3v) is 5.88. The predicted molar refractivity (Wildman–Crippen MR) is 109 cm³/mol. The lowest BCUT2D eigenvalue weighted by Crippen LogP contribution is -2.49. The van der Waals surface area contributed by atoms with Gasteiger partial charge < -0.3 is 14.5 Å². The Kier molecular flexibility index (Phi) is 4.54.